The van der Waals surface area contributed by atoms with Crippen LogP contribution in [0.25, 0.3) is 0 Å². The predicted molar refractivity (Wildman–Crippen MR) is 56.3 cm³/mol. The minimum absolute atomic E-state index is 0.100. The molecule has 0 aliphatic carbocycles. The summed E-state index contributed by atoms with van der Waals surface area (Å²) in [5, 5.41) is 28.4. The third-order valence-electron chi connectivity index (χ3n) is 2.68. The Kier molecular flexibility index (Phi) is 2.70. The molecular formula is C11H13NO4. The molecule has 2 rings (SSSR count). The number of benzene rings is 1. The Balaban J connectivity index is 2.27. The van der Waals surface area contributed by atoms with E-state index in [1.807, 2.05) is 0 Å². The number of aromatic hydroxyl groups is 2. The average molecular weight is 223 g/mol. The molecule has 5 nitrogen and oxygen atoms in total. The van der Waals surface area contributed by atoms with Crippen molar-refractivity contribution >= 4 is 5.91 Å². The van der Waals surface area contributed by atoms with Crippen LogP contribution in [0.2, 0.25) is 0 Å². The number of likely N-dealkylation sites (tertiary alicyclic amines) is 1. The Bertz CT molecular complexity index is 398. The number of aliphatic hydroxyl groups excluding tert-OH is 1. The van der Waals surface area contributed by atoms with Gasteiger partial charge in [-0.3, -0.25) is 4.79 Å². The van der Waals surface area contributed by atoms with Gasteiger partial charge in [-0.15, -0.1) is 0 Å². The van der Waals surface area contributed by atoms with Crippen molar-refractivity contribution < 1.29 is 20.1 Å². The van der Waals surface area contributed by atoms with Crippen LogP contribution in [0.4, 0.5) is 0 Å². The summed E-state index contributed by atoms with van der Waals surface area (Å²) in [5.41, 5.74) is -0.100. The van der Waals surface area contributed by atoms with E-state index in [0.717, 1.165) is 0 Å². The summed E-state index contributed by atoms with van der Waals surface area (Å²) < 4.78 is 0. The fourth-order valence-electron chi connectivity index (χ4n) is 1.83. The van der Waals surface area contributed by atoms with Crippen molar-refractivity contribution in [2.24, 2.45) is 0 Å². The molecule has 0 spiro atoms. The van der Waals surface area contributed by atoms with Crippen molar-refractivity contribution in [3.63, 3.8) is 0 Å². The zero-order valence-electron chi connectivity index (χ0n) is 8.63. The minimum Gasteiger partial charge on any atom is -0.507 e. The maximum absolute atomic E-state index is 11.9. The van der Waals surface area contributed by atoms with Crippen molar-refractivity contribution in [1.29, 1.82) is 0 Å². The molecule has 0 bridgehead atoms. The molecule has 16 heavy (non-hydrogen) atoms. The third kappa shape index (κ3) is 1.81. The van der Waals surface area contributed by atoms with E-state index in [9.17, 15) is 20.1 Å². The molecule has 1 saturated heterocycles. The van der Waals surface area contributed by atoms with Crippen molar-refractivity contribution in [2.45, 2.75) is 12.5 Å². The largest absolute Gasteiger partial charge is 0.507 e. The number of carbonyl (C=O) groups is 1. The van der Waals surface area contributed by atoms with Gasteiger partial charge >= 0.3 is 0 Å². The number of amides is 1. The van der Waals surface area contributed by atoms with E-state index >= 15 is 0 Å². The lowest BCUT2D eigenvalue weighted by molar-refractivity contribution is 0.0759. The third-order valence-corrected chi connectivity index (χ3v) is 2.68. The fraction of sp³-hybridized carbons (Fsp3) is 0.364. The van der Waals surface area contributed by atoms with Gasteiger partial charge in [0.05, 0.1) is 6.10 Å². The highest BCUT2D eigenvalue weighted by atomic mass is 16.3. The van der Waals surface area contributed by atoms with E-state index in [-0.39, 0.29) is 23.6 Å². The van der Waals surface area contributed by atoms with Crippen molar-refractivity contribution in [3.05, 3.63) is 23.8 Å². The van der Waals surface area contributed by atoms with Crippen LogP contribution in [0.1, 0.15) is 16.8 Å². The van der Waals surface area contributed by atoms with Gasteiger partial charge in [0.2, 0.25) is 0 Å². The Hall–Kier alpha value is -1.75. The fourth-order valence-corrected chi connectivity index (χ4v) is 1.83. The molecule has 0 radical (unpaired) electrons. The predicted octanol–water partition coefficient (Wildman–Crippen LogP) is 0.305. The van der Waals surface area contributed by atoms with Gasteiger partial charge in [0.15, 0.2) is 0 Å². The number of phenolic OH excluding ortho intramolecular Hbond substituents is 2. The Morgan fingerprint density at radius 2 is 1.94 bits per heavy atom. The van der Waals surface area contributed by atoms with Crippen molar-refractivity contribution in [3.8, 4) is 11.5 Å². The second-order valence-corrected chi connectivity index (χ2v) is 3.86. The van der Waals surface area contributed by atoms with Crippen LogP contribution in [0, 0.1) is 0 Å². The van der Waals surface area contributed by atoms with Crippen LogP contribution >= 0.6 is 0 Å². The van der Waals surface area contributed by atoms with Crippen molar-refractivity contribution in [1.82, 2.24) is 4.90 Å². The number of hydrogen-bond acceptors (Lipinski definition) is 4. The molecule has 1 aromatic rings. The summed E-state index contributed by atoms with van der Waals surface area (Å²) >= 11 is 0. The highest BCUT2D eigenvalue weighted by molar-refractivity contribution is 5.99. The topological polar surface area (TPSA) is 81.0 Å². The summed E-state index contributed by atoms with van der Waals surface area (Å²) in [6.07, 6.45) is 0.0112. The maximum Gasteiger partial charge on any atom is 0.261 e. The second kappa shape index (κ2) is 4.02. The van der Waals surface area contributed by atoms with Crippen molar-refractivity contribution in [2.75, 3.05) is 13.1 Å². The molecule has 1 fully saturated rings. The van der Waals surface area contributed by atoms with Crippen LogP contribution in [0.3, 0.4) is 0 Å². The average Bonchev–Trinajstić information content (AvgIpc) is 2.64. The molecule has 0 aromatic heterocycles. The summed E-state index contributed by atoms with van der Waals surface area (Å²) in [7, 11) is 0. The molecule has 1 aliphatic rings. The zero-order chi connectivity index (χ0) is 11.7. The molecular weight excluding hydrogens is 210 g/mol. The molecule has 1 atom stereocenters. The zero-order valence-corrected chi connectivity index (χ0v) is 8.63. The number of rotatable bonds is 1. The second-order valence-electron chi connectivity index (χ2n) is 3.86. The van der Waals surface area contributed by atoms with Crippen LogP contribution in [0.15, 0.2) is 18.2 Å². The molecule has 86 valence electrons. The normalized spacial score (nSPS) is 20.1. The summed E-state index contributed by atoms with van der Waals surface area (Å²) in [4.78, 5) is 13.3. The van der Waals surface area contributed by atoms with Crippen LogP contribution in [-0.4, -0.2) is 45.3 Å². The molecule has 3 N–H and O–H groups in total. The minimum atomic E-state index is -0.517. The van der Waals surface area contributed by atoms with E-state index in [1.54, 1.807) is 0 Å². The first-order chi connectivity index (χ1) is 7.59. The molecule has 5 heteroatoms. The summed E-state index contributed by atoms with van der Waals surface area (Å²) in [5.74, 6) is -0.940. The summed E-state index contributed by atoms with van der Waals surface area (Å²) in [6.45, 7) is 0.681. The highest BCUT2D eigenvalue weighted by Crippen LogP contribution is 2.28. The number of nitrogens with zero attached hydrogens (tertiary/aromatic N) is 1. The van der Waals surface area contributed by atoms with Crippen LogP contribution < -0.4 is 0 Å². The van der Waals surface area contributed by atoms with Gasteiger partial charge in [-0.25, -0.2) is 0 Å². The number of carbonyl (C=O) groups excluding carboxylic acids is 1. The van der Waals surface area contributed by atoms with E-state index in [4.69, 9.17) is 0 Å². The number of hydrogen-bond donors (Lipinski definition) is 3. The molecule has 1 heterocycles. The molecule has 1 aliphatic heterocycles. The first-order valence-electron chi connectivity index (χ1n) is 5.08. The lowest BCUT2D eigenvalue weighted by Crippen LogP contribution is -2.29. The smallest absolute Gasteiger partial charge is 0.261 e. The Labute approximate surface area is 92.6 Å². The van der Waals surface area contributed by atoms with E-state index in [2.05, 4.69) is 0 Å². The van der Waals surface area contributed by atoms with Gasteiger partial charge in [0.1, 0.15) is 17.1 Å². The van der Waals surface area contributed by atoms with Gasteiger partial charge < -0.3 is 20.2 Å². The first-order valence-corrected chi connectivity index (χ1v) is 5.08. The highest BCUT2D eigenvalue weighted by Gasteiger charge is 2.28. The van der Waals surface area contributed by atoms with Crippen LogP contribution in [0.5, 0.6) is 11.5 Å². The summed E-state index contributed by atoms with van der Waals surface area (Å²) in [6, 6.07) is 4.15. The van der Waals surface area contributed by atoms with Gasteiger partial charge in [-0.05, 0) is 18.6 Å². The Morgan fingerprint density at radius 1 is 1.31 bits per heavy atom. The lowest BCUT2D eigenvalue weighted by Gasteiger charge is -2.16. The lowest BCUT2D eigenvalue weighted by atomic mass is 10.1. The quantitative estimate of drug-likeness (QED) is 0.639. The Morgan fingerprint density at radius 3 is 2.44 bits per heavy atom. The van der Waals surface area contributed by atoms with Gasteiger partial charge in [0.25, 0.3) is 5.91 Å². The molecule has 0 saturated carbocycles. The van der Waals surface area contributed by atoms with Gasteiger partial charge in [0, 0.05) is 13.1 Å². The monoisotopic (exact) mass is 223 g/mol. The maximum atomic E-state index is 11.9. The van der Waals surface area contributed by atoms with E-state index in [1.165, 1.54) is 23.1 Å². The number of β-amino-alcohol motifs (C(OH)–C–C–N with tert-alkyl or cyclic N) is 1. The first kappa shape index (κ1) is 10.8. The van der Waals surface area contributed by atoms with Crippen LogP contribution in [-0.2, 0) is 0 Å². The molecule has 1 aromatic carbocycles. The van der Waals surface area contributed by atoms with Gasteiger partial charge in [-0.1, -0.05) is 6.07 Å². The molecule has 1 unspecified atom stereocenters. The number of phenols is 2. The van der Waals surface area contributed by atoms with E-state index in [0.29, 0.717) is 13.0 Å². The van der Waals surface area contributed by atoms with Gasteiger partial charge in [-0.2, -0.15) is 0 Å². The SMILES string of the molecule is O=C(c1c(O)cccc1O)N1CCC(O)C1. The van der Waals surface area contributed by atoms with E-state index < -0.39 is 12.0 Å². The molecule has 1 amide bonds. The number of aliphatic hydroxyl groups is 1. The standard InChI is InChI=1S/C11H13NO4/c13-7-4-5-12(6-7)11(16)10-8(14)2-1-3-9(10)15/h1-3,7,13-15H,4-6H2.